The maximum atomic E-state index is 5.24. The molecule has 0 aliphatic rings. The molecule has 0 atom stereocenters. The predicted molar refractivity (Wildman–Crippen MR) is 73.2 cm³/mol. The van der Waals surface area contributed by atoms with Gasteiger partial charge in [-0.1, -0.05) is 11.3 Å². The lowest BCUT2D eigenvalue weighted by Gasteiger charge is -2.16. The van der Waals surface area contributed by atoms with E-state index in [1.165, 1.54) is 0 Å². The van der Waals surface area contributed by atoms with Gasteiger partial charge in [-0.15, -0.1) is 0 Å². The van der Waals surface area contributed by atoms with Crippen molar-refractivity contribution in [2.75, 3.05) is 18.0 Å². The normalized spacial score (nSPS) is 10.6. The van der Waals surface area contributed by atoms with Gasteiger partial charge in [0.2, 0.25) is 0 Å². The molecule has 0 aliphatic carbocycles. The summed E-state index contributed by atoms with van der Waals surface area (Å²) in [4.78, 5) is 7.46. The van der Waals surface area contributed by atoms with Gasteiger partial charge in [0.15, 0.2) is 10.2 Å². The third kappa shape index (κ3) is 3.74. The van der Waals surface area contributed by atoms with E-state index in [1.54, 1.807) is 23.7 Å². The van der Waals surface area contributed by atoms with Gasteiger partial charge in [0.05, 0.1) is 11.1 Å². The summed E-state index contributed by atoms with van der Waals surface area (Å²) in [7, 11) is 0. The van der Waals surface area contributed by atoms with Crippen LogP contribution in [-0.2, 0) is 0 Å². The quantitative estimate of drug-likeness (QED) is 0.471. The number of rotatable bonds is 5. The van der Waals surface area contributed by atoms with Crippen molar-refractivity contribution in [3.63, 3.8) is 0 Å². The van der Waals surface area contributed by atoms with Crippen LogP contribution >= 0.6 is 23.6 Å². The number of aromatic nitrogens is 1. The Labute approximate surface area is 104 Å². The number of anilines is 1. The van der Waals surface area contributed by atoms with Crippen LogP contribution in [0.25, 0.3) is 0 Å². The molecule has 1 aromatic heterocycles. The fraction of sp³-hybridized carbons (Fsp3) is 0.444. The minimum atomic E-state index is 0.157. The Kier molecular flexibility index (Phi) is 5.13. The SMILES string of the molecule is CCN(CC)c1ncc(/C=N/NC(N)=S)s1. The van der Waals surface area contributed by atoms with E-state index >= 15 is 0 Å². The highest BCUT2D eigenvalue weighted by Crippen LogP contribution is 2.20. The average Bonchev–Trinajstić information content (AvgIpc) is 2.68. The number of thiocarbonyl (C=S) groups is 1. The van der Waals surface area contributed by atoms with E-state index in [-0.39, 0.29) is 5.11 Å². The highest BCUT2D eigenvalue weighted by atomic mass is 32.1. The van der Waals surface area contributed by atoms with Crippen molar-refractivity contribution in [3.05, 3.63) is 11.1 Å². The third-order valence-electron chi connectivity index (χ3n) is 1.91. The van der Waals surface area contributed by atoms with E-state index < -0.39 is 0 Å². The monoisotopic (exact) mass is 257 g/mol. The molecule has 0 aliphatic heterocycles. The van der Waals surface area contributed by atoms with E-state index in [9.17, 15) is 0 Å². The second-order valence-corrected chi connectivity index (χ2v) is 4.43. The van der Waals surface area contributed by atoms with Crippen molar-refractivity contribution >= 4 is 40.0 Å². The predicted octanol–water partition coefficient (Wildman–Crippen LogP) is 1.16. The molecule has 7 heteroatoms. The van der Waals surface area contributed by atoms with Crippen LogP contribution in [0, 0.1) is 0 Å². The van der Waals surface area contributed by atoms with Crippen molar-refractivity contribution in [3.8, 4) is 0 Å². The number of nitrogens with zero attached hydrogens (tertiary/aromatic N) is 3. The van der Waals surface area contributed by atoms with Gasteiger partial charge in [-0.05, 0) is 26.1 Å². The lowest BCUT2D eigenvalue weighted by Crippen LogP contribution is -2.23. The van der Waals surface area contributed by atoms with Crippen molar-refractivity contribution in [2.45, 2.75) is 13.8 Å². The molecular formula is C9H15N5S2. The zero-order chi connectivity index (χ0) is 12.0. The summed E-state index contributed by atoms with van der Waals surface area (Å²) < 4.78 is 0. The molecule has 0 aromatic carbocycles. The third-order valence-corrected chi connectivity index (χ3v) is 3.00. The van der Waals surface area contributed by atoms with Crippen LogP contribution in [0.2, 0.25) is 0 Å². The van der Waals surface area contributed by atoms with Gasteiger partial charge in [-0.2, -0.15) is 5.10 Å². The molecule has 0 radical (unpaired) electrons. The molecule has 0 saturated heterocycles. The largest absolute Gasteiger partial charge is 0.375 e. The summed E-state index contributed by atoms with van der Waals surface area (Å²) in [5.41, 5.74) is 7.74. The van der Waals surface area contributed by atoms with Crippen molar-refractivity contribution in [1.82, 2.24) is 10.4 Å². The van der Waals surface area contributed by atoms with Gasteiger partial charge in [0, 0.05) is 19.3 Å². The van der Waals surface area contributed by atoms with E-state index in [4.69, 9.17) is 5.73 Å². The second-order valence-electron chi connectivity index (χ2n) is 2.95. The first kappa shape index (κ1) is 12.9. The van der Waals surface area contributed by atoms with Gasteiger partial charge in [0.25, 0.3) is 0 Å². The van der Waals surface area contributed by atoms with Gasteiger partial charge in [0.1, 0.15) is 0 Å². The van der Waals surface area contributed by atoms with Crippen molar-refractivity contribution in [2.24, 2.45) is 10.8 Å². The minimum Gasteiger partial charge on any atom is -0.375 e. The summed E-state index contributed by atoms with van der Waals surface area (Å²) in [6, 6.07) is 0. The van der Waals surface area contributed by atoms with E-state index in [1.807, 2.05) is 0 Å². The maximum absolute atomic E-state index is 5.24. The van der Waals surface area contributed by atoms with Crippen LogP contribution in [0.4, 0.5) is 5.13 Å². The lowest BCUT2D eigenvalue weighted by atomic mass is 10.6. The zero-order valence-electron chi connectivity index (χ0n) is 9.30. The second kappa shape index (κ2) is 6.39. The van der Waals surface area contributed by atoms with E-state index in [0.717, 1.165) is 23.1 Å². The molecule has 1 rings (SSSR count). The van der Waals surface area contributed by atoms with Crippen LogP contribution in [0.5, 0.6) is 0 Å². The Bertz CT molecular complexity index is 370. The molecule has 0 unspecified atom stereocenters. The van der Waals surface area contributed by atoms with Gasteiger partial charge < -0.3 is 10.6 Å². The number of hydrogen-bond acceptors (Lipinski definition) is 5. The Morgan fingerprint density at radius 1 is 1.69 bits per heavy atom. The molecule has 0 bridgehead atoms. The number of nitrogens with one attached hydrogen (secondary N) is 1. The minimum absolute atomic E-state index is 0.157. The van der Waals surface area contributed by atoms with Crippen LogP contribution in [-0.4, -0.2) is 29.4 Å². The molecule has 5 nitrogen and oxygen atoms in total. The molecule has 1 aromatic rings. The number of nitrogens with two attached hydrogens (primary N) is 1. The molecular weight excluding hydrogens is 242 g/mol. The Hall–Kier alpha value is -1.21. The first-order chi connectivity index (χ1) is 7.67. The molecule has 0 saturated carbocycles. The highest BCUT2D eigenvalue weighted by molar-refractivity contribution is 7.80. The van der Waals surface area contributed by atoms with Crippen LogP contribution < -0.4 is 16.1 Å². The topological polar surface area (TPSA) is 66.5 Å². The molecule has 16 heavy (non-hydrogen) atoms. The molecule has 88 valence electrons. The van der Waals surface area contributed by atoms with E-state index in [0.29, 0.717) is 0 Å². The maximum Gasteiger partial charge on any atom is 0.185 e. The Morgan fingerprint density at radius 2 is 2.38 bits per heavy atom. The van der Waals surface area contributed by atoms with Gasteiger partial charge in [-0.3, -0.25) is 5.43 Å². The number of hydrazone groups is 1. The summed E-state index contributed by atoms with van der Waals surface area (Å²) in [6.45, 7) is 6.11. The van der Waals surface area contributed by atoms with Crippen LogP contribution in [0.1, 0.15) is 18.7 Å². The Balaban J connectivity index is 2.64. The standard InChI is InChI=1S/C9H15N5S2/c1-3-14(4-2)9-11-5-7(16-9)6-12-13-8(10)15/h5-6H,3-4H2,1-2H3,(H3,10,13,15)/b12-6+. The van der Waals surface area contributed by atoms with Gasteiger partial charge in [-0.25, -0.2) is 4.98 Å². The molecule has 0 spiro atoms. The fourth-order valence-corrected chi connectivity index (χ4v) is 2.10. The summed E-state index contributed by atoms with van der Waals surface area (Å²) in [5.74, 6) is 0. The first-order valence-corrected chi connectivity index (χ1v) is 6.19. The number of hydrogen-bond donors (Lipinski definition) is 2. The van der Waals surface area contributed by atoms with Crippen molar-refractivity contribution in [1.29, 1.82) is 0 Å². The fourth-order valence-electron chi connectivity index (χ4n) is 1.14. The average molecular weight is 257 g/mol. The highest BCUT2D eigenvalue weighted by Gasteiger charge is 2.05. The van der Waals surface area contributed by atoms with Crippen molar-refractivity contribution < 1.29 is 0 Å². The molecule has 1 heterocycles. The van der Waals surface area contributed by atoms with E-state index in [2.05, 4.69) is 46.5 Å². The first-order valence-electron chi connectivity index (χ1n) is 4.96. The van der Waals surface area contributed by atoms with Crippen LogP contribution in [0.15, 0.2) is 11.3 Å². The Morgan fingerprint density at radius 3 is 2.94 bits per heavy atom. The summed E-state index contributed by atoms with van der Waals surface area (Å²) in [5, 5.41) is 5.03. The number of thiazole rings is 1. The molecule has 0 amide bonds. The summed E-state index contributed by atoms with van der Waals surface area (Å²) in [6.07, 6.45) is 3.44. The molecule has 3 N–H and O–H groups in total. The van der Waals surface area contributed by atoms with Gasteiger partial charge >= 0.3 is 0 Å². The lowest BCUT2D eigenvalue weighted by molar-refractivity contribution is 0.860. The smallest absolute Gasteiger partial charge is 0.185 e. The zero-order valence-corrected chi connectivity index (χ0v) is 10.9. The molecule has 0 fully saturated rings. The van der Waals surface area contributed by atoms with Crippen LogP contribution in [0.3, 0.4) is 0 Å². The summed E-state index contributed by atoms with van der Waals surface area (Å²) >= 11 is 6.21.